The molecule has 0 unspecified atom stereocenters. The first-order valence-electron chi connectivity index (χ1n) is 15.1. The Morgan fingerprint density at radius 3 is 1.89 bits per heavy atom. The molecule has 0 radical (unpaired) electrons. The maximum Gasteiger partial charge on any atom is 0.346 e. The molecule has 5 aromatic rings. The number of esters is 1. The summed E-state index contributed by atoms with van der Waals surface area (Å²) < 4.78 is 23.7. The molecule has 0 bridgehead atoms. The van der Waals surface area contributed by atoms with Crippen molar-refractivity contribution in [1.29, 1.82) is 0 Å². The van der Waals surface area contributed by atoms with E-state index in [4.69, 9.17) is 4.74 Å². The molecule has 6 nitrogen and oxygen atoms in total. The van der Waals surface area contributed by atoms with Crippen LogP contribution in [0.15, 0.2) is 114 Å². The topological polar surface area (TPSA) is 63.6 Å². The molecule has 1 saturated carbocycles. The van der Waals surface area contributed by atoms with Crippen molar-refractivity contribution in [3.63, 3.8) is 0 Å². The first kappa shape index (κ1) is 30.7. The molecule has 1 saturated heterocycles. The van der Waals surface area contributed by atoms with Crippen LogP contribution in [0.1, 0.15) is 29.2 Å². The van der Waals surface area contributed by atoms with Crippen LogP contribution in [0.25, 0.3) is 10.9 Å². The third-order valence-corrected chi connectivity index (χ3v) is 12.8. The minimum Gasteiger partial charge on any atom is -0.425 e. The minimum absolute atomic E-state index is 0. The molecule has 4 aromatic carbocycles. The van der Waals surface area contributed by atoms with Crippen LogP contribution < -0.4 is 31.6 Å². The molecule has 45 heavy (non-hydrogen) atoms. The van der Waals surface area contributed by atoms with Gasteiger partial charge in [0, 0.05) is 43.8 Å². The van der Waals surface area contributed by atoms with Crippen molar-refractivity contribution in [2.75, 3.05) is 37.4 Å². The normalized spacial score (nSPS) is 15.0. The average Bonchev–Trinajstić information content (AvgIpc) is 3.93. The highest BCUT2D eigenvalue weighted by Crippen LogP contribution is 2.55. The molecular formula is C37H37FN3O3P. The lowest BCUT2D eigenvalue weighted by Crippen LogP contribution is -2.43. The van der Waals surface area contributed by atoms with E-state index in [-0.39, 0.29) is 30.8 Å². The molecular weight excluding hydrogens is 584 g/mol. The zero-order chi connectivity index (χ0) is 30.1. The lowest BCUT2D eigenvalue weighted by Gasteiger charge is -2.30. The van der Waals surface area contributed by atoms with Crippen LogP contribution in [-0.2, 0) is 4.74 Å². The van der Waals surface area contributed by atoms with E-state index in [1.807, 2.05) is 64.1 Å². The Morgan fingerprint density at radius 1 is 0.844 bits per heavy atom. The van der Waals surface area contributed by atoms with Crippen LogP contribution in [-0.4, -0.2) is 43.1 Å². The molecule has 7 rings (SSSR count). The molecule has 2 aliphatic rings. The van der Waals surface area contributed by atoms with Gasteiger partial charge in [0.15, 0.2) is 7.26 Å². The van der Waals surface area contributed by atoms with Gasteiger partial charge < -0.3 is 26.9 Å². The number of anilines is 1. The van der Waals surface area contributed by atoms with Crippen molar-refractivity contribution < 1.29 is 13.9 Å². The van der Waals surface area contributed by atoms with Crippen molar-refractivity contribution >= 4 is 45.7 Å². The summed E-state index contributed by atoms with van der Waals surface area (Å²) in [6.45, 7) is 2.93. The van der Waals surface area contributed by atoms with Gasteiger partial charge in [-0.05, 0) is 61.4 Å². The second-order valence-electron chi connectivity index (χ2n) is 11.4. The Balaban J connectivity index is 0.00000357. The van der Waals surface area contributed by atoms with E-state index < -0.39 is 24.5 Å². The van der Waals surface area contributed by atoms with Crippen LogP contribution in [0.2, 0.25) is 0 Å². The van der Waals surface area contributed by atoms with Gasteiger partial charge in [-0.1, -0.05) is 54.6 Å². The van der Waals surface area contributed by atoms with Crippen molar-refractivity contribution in [1.82, 2.24) is 9.88 Å². The number of rotatable bonds is 8. The quantitative estimate of drug-likeness (QED) is 0.142. The van der Waals surface area contributed by atoms with Crippen LogP contribution in [0.5, 0.6) is 0 Å². The summed E-state index contributed by atoms with van der Waals surface area (Å²) in [5.41, 5.74) is 0.580. The van der Waals surface area contributed by atoms with E-state index in [9.17, 15) is 9.59 Å². The number of carbonyl (C=O) groups excluding carboxylic acids is 1. The lowest BCUT2D eigenvalue weighted by atomic mass is 10.1. The standard InChI is InChI=1S/C36H34FN3O3P.CH3/c37-32-22-30-33(23-34(32)39-20-18-38-19-21-39)40(26-16-17-26)24-31(35(30)41)36(42)43-25-44(27-10-4-1-5-11-27,28-12-6-2-7-13-28)29-14-8-3-9-15-29;/h1-15,22-24,26,38H,16-21,25H2;1H3/q+1;-1. The number of benzene rings is 4. The van der Waals surface area contributed by atoms with Crippen LogP contribution in [0, 0.1) is 13.2 Å². The van der Waals surface area contributed by atoms with Gasteiger partial charge in [-0.3, -0.25) is 4.79 Å². The second-order valence-corrected chi connectivity index (χ2v) is 14.9. The maximum absolute atomic E-state index is 15.5. The van der Waals surface area contributed by atoms with Gasteiger partial charge in [-0.25, -0.2) is 9.18 Å². The molecule has 2 heterocycles. The highest BCUT2D eigenvalue weighted by Gasteiger charge is 2.47. The molecule has 8 heteroatoms. The molecule has 0 spiro atoms. The number of aromatic nitrogens is 1. The van der Waals surface area contributed by atoms with E-state index >= 15 is 4.39 Å². The summed E-state index contributed by atoms with van der Waals surface area (Å²) in [7, 11) is -2.46. The number of ether oxygens (including phenoxy) is 1. The first-order chi connectivity index (χ1) is 21.6. The van der Waals surface area contributed by atoms with Gasteiger partial charge in [0.25, 0.3) is 0 Å². The van der Waals surface area contributed by atoms with E-state index in [0.717, 1.165) is 41.8 Å². The van der Waals surface area contributed by atoms with Gasteiger partial charge in [0.1, 0.15) is 27.3 Å². The number of pyridine rings is 1. The van der Waals surface area contributed by atoms with Crippen LogP contribution in [0.3, 0.4) is 0 Å². The largest absolute Gasteiger partial charge is 0.425 e. The van der Waals surface area contributed by atoms with Gasteiger partial charge in [-0.15, -0.1) is 0 Å². The minimum atomic E-state index is -2.46. The van der Waals surface area contributed by atoms with Crippen molar-refractivity contribution in [2.45, 2.75) is 18.9 Å². The maximum atomic E-state index is 15.5. The van der Waals surface area contributed by atoms with Crippen LogP contribution >= 0.6 is 7.26 Å². The molecule has 1 N–H and O–H groups in total. The van der Waals surface area contributed by atoms with Gasteiger partial charge in [0.2, 0.25) is 11.8 Å². The van der Waals surface area contributed by atoms with E-state index in [1.165, 1.54) is 6.07 Å². The monoisotopic (exact) mass is 621 g/mol. The lowest BCUT2D eigenvalue weighted by molar-refractivity contribution is 0.0573. The number of carbonyl (C=O) groups is 1. The fourth-order valence-corrected chi connectivity index (χ4v) is 9.95. The van der Waals surface area contributed by atoms with E-state index in [0.29, 0.717) is 24.3 Å². The molecule has 1 aliphatic carbocycles. The number of hydrogen-bond acceptors (Lipinski definition) is 5. The average molecular weight is 622 g/mol. The smallest absolute Gasteiger partial charge is 0.346 e. The van der Waals surface area contributed by atoms with Gasteiger partial charge in [-0.2, -0.15) is 0 Å². The summed E-state index contributed by atoms with van der Waals surface area (Å²) in [6.07, 6.45) is 3.60. The summed E-state index contributed by atoms with van der Waals surface area (Å²) in [5, 5.41) is 6.71. The molecule has 1 aliphatic heterocycles. The number of piperazine rings is 1. The molecule has 0 atom stereocenters. The molecule has 0 amide bonds. The fourth-order valence-electron chi connectivity index (χ4n) is 6.26. The highest BCUT2D eigenvalue weighted by molar-refractivity contribution is 7.95. The Labute approximate surface area is 263 Å². The van der Waals surface area contributed by atoms with Crippen molar-refractivity contribution in [2.24, 2.45) is 0 Å². The number of hydrogen-bond donors (Lipinski definition) is 1. The van der Waals surface area contributed by atoms with Crippen LogP contribution in [0.4, 0.5) is 10.1 Å². The number of halogens is 1. The SMILES string of the molecule is O=C(OC[P+](c1ccccc1)(c1ccccc1)c1ccccc1)c1cn(C2CC2)c2cc(N3CCNCC3)c(F)cc2c1=O.[CH3-]. The number of fused-ring (bicyclic) bond motifs is 1. The Hall–Kier alpha value is -4.32. The molecule has 1 aromatic heterocycles. The zero-order valence-electron chi connectivity index (χ0n) is 25.4. The van der Waals surface area contributed by atoms with Crippen molar-refractivity contribution in [3.8, 4) is 0 Å². The van der Waals surface area contributed by atoms with Crippen molar-refractivity contribution in [3.05, 3.63) is 138 Å². The zero-order valence-corrected chi connectivity index (χ0v) is 26.3. The van der Waals surface area contributed by atoms with E-state index in [2.05, 4.69) is 41.7 Å². The molecule has 2 fully saturated rings. The highest BCUT2D eigenvalue weighted by atomic mass is 31.2. The Morgan fingerprint density at radius 2 is 1.38 bits per heavy atom. The third-order valence-electron chi connectivity index (χ3n) is 8.70. The summed E-state index contributed by atoms with van der Waals surface area (Å²) in [5.74, 6) is -1.14. The number of nitrogens with zero attached hydrogens (tertiary/aromatic N) is 2. The predicted octanol–water partition coefficient (Wildman–Crippen LogP) is 5.44. The first-order valence-corrected chi connectivity index (χ1v) is 17.1. The summed E-state index contributed by atoms with van der Waals surface area (Å²) >= 11 is 0. The predicted molar refractivity (Wildman–Crippen MR) is 183 cm³/mol. The molecule has 230 valence electrons. The number of nitrogens with one attached hydrogen (secondary N) is 1. The Kier molecular flexibility index (Phi) is 8.84. The Bertz CT molecular complexity index is 1760. The van der Waals surface area contributed by atoms with Gasteiger partial charge in [0.05, 0.1) is 11.2 Å². The van der Waals surface area contributed by atoms with Gasteiger partial charge >= 0.3 is 5.97 Å². The second kappa shape index (κ2) is 13.0. The summed E-state index contributed by atoms with van der Waals surface area (Å²) in [6, 6.07) is 33.6. The fraction of sp³-hybridized carbons (Fsp3) is 0.216. The van der Waals surface area contributed by atoms with E-state index in [1.54, 1.807) is 12.3 Å². The summed E-state index contributed by atoms with van der Waals surface area (Å²) in [4.78, 5) is 29.8. The third kappa shape index (κ3) is 5.79.